The Kier molecular flexibility index (Phi) is 7.69. The van der Waals surface area contributed by atoms with Crippen molar-refractivity contribution in [3.63, 3.8) is 0 Å². The highest BCUT2D eigenvalue weighted by Gasteiger charge is 2.30. The molecule has 4 nitrogen and oxygen atoms in total. The number of amides is 1. The maximum absolute atomic E-state index is 11.8. The van der Waals surface area contributed by atoms with Crippen LogP contribution in [-0.2, 0) is 4.79 Å². The third kappa shape index (κ3) is 5.85. The lowest BCUT2D eigenvalue weighted by atomic mass is 10.1. The third-order valence-corrected chi connectivity index (χ3v) is 4.09. The number of rotatable bonds is 8. The first-order valence-corrected chi connectivity index (χ1v) is 7.79. The first-order chi connectivity index (χ1) is 10.1. The molecular formula is C17H27ClN2O2. The minimum absolute atomic E-state index is 0. The van der Waals surface area contributed by atoms with Crippen molar-refractivity contribution in [3.8, 4) is 5.75 Å². The highest BCUT2D eigenvalue weighted by molar-refractivity contribution is 5.85. The average Bonchev–Trinajstić information content (AvgIpc) is 3.29. The molecule has 1 aliphatic carbocycles. The van der Waals surface area contributed by atoms with Gasteiger partial charge in [0.25, 0.3) is 0 Å². The molecule has 0 heterocycles. The van der Waals surface area contributed by atoms with Crippen molar-refractivity contribution < 1.29 is 9.53 Å². The molecule has 0 aromatic heterocycles. The van der Waals surface area contributed by atoms with Gasteiger partial charge in [0, 0.05) is 19.0 Å². The van der Waals surface area contributed by atoms with Crippen LogP contribution < -0.4 is 15.8 Å². The van der Waals surface area contributed by atoms with Crippen molar-refractivity contribution >= 4 is 18.3 Å². The highest BCUT2D eigenvalue weighted by Crippen LogP contribution is 2.32. The third-order valence-electron chi connectivity index (χ3n) is 4.09. The van der Waals surface area contributed by atoms with Gasteiger partial charge in [0.2, 0.25) is 5.91 Å². The van der Waals surface area contributed by atoms with E-state index in [2.05, 4.69) is 25.2 Å². The van der Waals surface area contributed by atoms with Crippen molar-refractivity contribution in [3.05, 3.63) is 29.3 Å². The van der Waals surface area contributed by atoms with E-state index < -0.39 is 0 Å². The first kappa shape index (κ1) is 18.8. The molecule has 1 aromatic rings. The number of carbonyl (C=O) groups excluding carboxylic acids is 1. The van der Waals surface area contributed by atoms with Gasteiger partial charge in [-0.05, 0) is 62.3 Å². The molecule has 1 fully saturated rings. The molecule has 22 heavy (non-hydrogen) atoms. The van der Waals surface area contributed by atoms with E-state index in [1.165, 1.54) is 24.0 Å². The largest absolute Gasteiger partial charge is 0.494 e. The van der Waals surface area contributed by atoms with E-state index in [0.717, 1.165) is 12.2 Å². The summed E-state index contributed by atoms with van der Waals surface area (Å²) in [5, 5.41) is 3.02. The van der Waals surface area contributed by atoms with Gasteiger partial charge >= 0.3 is 0 Å². The van der Waals surface area contributed by atoms with Gasteiger partial charge in [-0.3, -0.25) is 4.79 Å². The Morgan fingerprint density at radius 2 is 2.09 bits per heavy atom. The molecular weight excluding hydrogens is 300 g/mol. The molecule has 1 amide bonds. The lowest BCUT2D eigenvalue weighted by Gasteiger charge is -2.16. The zero-order valence-electron chi connectivity index (χ0n) is 13.4. The second-order valence-corrected chi connectivity index (χ2v) is 5.95. The Hall–Kier alpha value is -1.26. The van der Waals surface area contributed by atoms with Gasteiger partial charge < -0.3 is 15.8 Å². The van der Waals surface area contributed by atoms with E-state index in [0.29, 0.717) is 25.5 Å². The van der Waals surface area contributed by atoms with E-state index in [1.54, 1.807) is 0 Å². The highest BCUT2D eigenvalue weighted by atomic mass is 35.5. The quantitative estimate of drug-likeness (QED) is 0.722. The number of halogens is 1. The van der Waals surface area contributed by atoms with Crippen LogP contribution in [0.25, 0.3) is 0 Å². The van der Waals surface area contributed by atoms with E-state index in [4.69, 9.17) is 10.5 Å². The van der Waals surface area contributed by atoms with E-state index in [-0.39, 0.29) is 24.4 Å². The summed E-state index contributed by atoms with van der Waals surface area (Å²) in [6.45, 7) is 5.25. The van der Waals surface area contributed by atoms with Gasteiger partial charge in [-0.25, -0.2) is 0 Å². The Labute approximate surface area is 139 Å². The maximum Gasteiger partial charge on any atom is 0.220 e. The number of nitrogens with one attached hydrogen (secondary N) is 1. The van der Waals surface area contributed by atoms with Gasteiger partial charge in [-0.15, -0.1) is 12.4 Å². The van der Waals surface area contributed by atoms with Crippen molar-refractivity contribution in [2.45, 2.75) is 45.6 Å². The topological polar surface area (TPSA) is 64.3 Å². The van der Waals surface area contributed by atoms with Crippen LogP contribution in [0.5, 0.6) is 5.75 Å². The lowest BCUT2D eigenvalue weighted by molar-refractivity contribution is -0.122. The molecule has 1 aromatic carbocycles. The van der Waals surface area contributed by atoms with Crippen molar-refractivity contribution in [1.29, 1.82) is 0 Å². The summed E-state index contributed by atoms with van der Waals surface area (Å²) < 4.78 is 5.68. The summed E-state index contributed by atoms with van der Waals surface area (Å²) in [6, 6.07) is 6.23. The molecule has 1 aliphatic rings. The smallest absolute Gasteiger partial charge is 0.220 e. The molecule has 0 spiro atoms. The summed E-state index contributed by atoms with van der Waals surface area (Å²) >= 11 is 0. The molecule has 124 valence electrons. The van der Waals surface area contributed by atoms with Crippen LogP contribution in [0.1, 0.15) is 36.8 Å². The minimum Gasteiger partial charge on any atom is -0.494 e. The van der Waals surface area contributed by atoms with Crippen molar-refractivity contribution in [1.82, 2.24) is 5.32 Å². The summed E-state index contributed by atoms with van der Waals surface area (Å²) in [7, 11) is 0. The molecule has 1 unspecified atom stereocenters. The molecule has 3 N–H and O–H groups in total. The number of hydrogen-bond donors (Lipinski definition) is 2. The Bertz CT molecular complexity index is 490. The van der Waals surface area contributed by atoms with Crippen LogP contribution in [-0.4, -0.2) is 25.1 Å². The predicted octanol–water partition coefficient (Wildman–Crippen LogP) is 2.74. The van der Waals surface area contributed by atoms with Gasteiger partial charge in [-0.2, -0.15) is 0 Å². The number of carbonyl (C=O) groups is 1. The lowest BCUT2D eigenvalue weighted by Crippen LogP contribution is -2.41. The van der Waals surface area contributed by atoms with E-state index in [1.807, 2.05) is 12.1 Å². The number of ether oxygens (including phenoxy) is 1. The molecule has 5 heteroatoms. The monoisotopic (exact) mass is 326 g/mol. The molecule has 1 atom stereocenters. The van der Waals surface area contributed by atoms with Crippen LogP contribution in [0.4, 0.5) is 0 Å². The minimum atomic E-state index is 0. The van der Waals surface area contributed by atoms with Gasteiger partial charge in [0.1, 0.15) is 5.75 Å². The molecule has 0 radical (unpaired) electrons. The standard InChI is InChI=1S/C17H26N2O2.ClH/c1-12-5-8-15(10-13(12)2)21-9-3-4-17(20)19-16(11-18)14-6-7-14;/h5,8,10,14,16H,3-4,6-7,9,11,18H2,1-2H3,(H,19,20);1H. The molecule has 0 bridgehead atoms. The fraction of sp³-hybridized carbons (Fsp3) is 0.588. The van der Waals surface area contributed by atoms with E-state index in [9.17, 15) is 4.79 Å². The van der Waals surface area contributed by atoms with Gasteiger partial charge in [0.15, 0.2) is 0 Å². The Morgan fingerprint density at radius 3 is 2.68 bits per heavy atom. The summed E-state index contributed by atoms with van der Waals surface area (Å²) in [5.74, 6) is 1.56. The number of hydrogen-bond acceptors (Lipinski definition) is 3. The molecule has 0 saturated heterocycles. The molecule has 1 saturated carbocycles. The fourth-order valence-electron chi connectivity index (χ4n) is 2.37. The number of benzene rings is 1. The van der Waals surface area contributed by atoms with Crippen LogP contribution in [0, 0.1) is 19.8 Å². The predicted molar refractivity (Wildman–Crippen MR) is 91.6 cm³/mol. The normalized spacial score (nSPS) is 14.9. The summed E-state index contributed by atoms with van der Waals surface area (Å²) in [5.41, 5.74) is 8.16. The Morgan fingerprint density at radius 1 is 1.36 bits per heavy atom. The van der Waals surface area contributed by atoms with Crippen molar-refractivity contribution in [2.24, 2.45) is 11.7 Å². The fourth-order valence-corrected chi connectivity index (χ4v) is 2.37. The molecule has 2 rings (SSSR count). The van der Waals surface area contributed by atoms with Crippen LogP contribution in [0.3, 0.4) is 0 Å². The summed E-state index contributed by atoms with van der Waals surface area (Å²) in [4.78, 5) is 11.8. The number of nitrogens with two attached hydrogens (primary N) is 1. The summed E-state index contributed by atoms with van der Waals surface area (Å²) in [6.07, 6.45) is 3.60. The zero-order chi connectivity index (χ0) is 15.2. The second kappa shape index (κ2) is 9.01. The average molecular weight is 327 g/mol. The van der Waals surface area contributed by atoms with Crippen molar-refractivity contribution in [2.75, 3.05) is 13.2 Å². The van der Waals surface area contributed by atoms with Crippen LogP contribution >= 0.6 is 12.4 Å². The van der Waals surface area contributed by atoms with Crippen LogP contribution in [0.2, 0.25) is 0 Å². The molecule has 0 aliphatic heterocycles. The SMILES string of the molecule is Cc1ccc(OCCCC(=O)NC(CN)C2CC2)cc1C.Cl. The second-order valence-electron chi connectivity index (χ2n) is 5.95. The van der Waals surface area contributed by atoms with E-state index >= 15 is 0 Å². The van der Waals surface area contributed by atoms with Gasteiger partial charge in [-0.1, -0.05) is 6.07 Å². The van der Waals surface area contributed by atoms with Crippen LogP contribution in [0.15, 0.2) is 18.2 Å². The number of aryl methyl sites for hydroxylation is 2. The van der Waals surface area contributed by atoms with Gasteiger partial charge in [0.05, 0.1) is 6.61 Å². The zero-order valence-corrected chi connectivity index (χ0v) is 14.2. The first-order valence-electron chi connectivity index (χ1n) is 7.79. The maximum atomic E-state index is 11.8. The Balaban J connectivity index is 0.00000242.